The van der Waals surface area contributed by atoms with E-state index in [4.69, 9.17) is 0 Å². The fraction of sp³-hybridized carbons (Fsp3) is 0.211. The van der Waals surface area contributed by atoms with Crippen LogP contribution in [0.1, 0.15) is 22.8 Å². The summed E-state index contributed by atoms with van der Waals surface area (Å²) in [5, 5.41) is 13.9. The molecule has 0 bridgehead atoms. The molecule has 1 unspecified atom stereocenters. The molecule has 25 heavy (non-hydrogen) atoms. The maximum atomic E-state index is 13.9. The van der Waals surface area contributed by atoms with Crippen molar-refractivity contribution in [1.82, 2.24) is 9.88 Å². The Morgan fingerprint density at radius 3 is 2.72 bits per heavy atom. The van der Waals surface area contributed by atoms with Crippen LogP contribution >= 0.6 is 0 Å². The van der Waals surface area contributed by atoms with Crippen LogP contribution in [0.25, 0.3) is 10.9 Å². The molecule has 3 aromatic rings. The zero-order valence-corrected chi connectivity index (χ0v) is 13.9. The molecule has 1 heterocycles. The quantitative estimate of drug-likeness (QED) is 0.764. The largest absolute Gasteiger partial charge is 0.383 e. The molecule has 1 aromatic heterocycles. The van der Waals surface area contributed by atoms with Gasteiger partial charge in [-0.15, -0.1) is 0 Å². The molecular formula is C19H18F2N2O2. The van der Waals surface area contributed by atoms with Crippen LogP contribution in [0.2, 0.25) is 0 Å². The number of nitrogens with zero attached hydrogens (tertiary/aromatic N) is 1. The molecule has 0 saturated carbocycles. The van der Waals surface area contributed by atoms with Crippen molar-refractivity contribution in [2.24, 2.45) is 7.05 Å². The number of aromatic nitrogens is 1. The summed E-state index contributed by atoms with van der Waals surface area (Å²) in [6, 6.07) is 10.1. The Morgan fingerprint density at radius 1 is 1.24 bits per heavy atom. The molecule has 2 aromatic carbocycles. The Morgan fingerprint density at radius 2 is 2.00 bits per heavy atom. The Balaban J connectivity index is 1.81. The second-order valence-corrected chi connectivity index (χ2v) is 6.25. The molecule has 0 aliphatic heterocycles. The number of hydrogen-bond acceptors (Lipinski definition) is 2. The van der Waals surface area contributed by atoms with Crippen LogP contribution in [0.3, 0.4) is 0 Å². The first-order valence-corrected chi connectivity index (χ1v) is 7.80. The first kappa shape index (κ1) is 17.1. The normalized spacial score (nSPS) is 13.6. The van der Waals surface area contributed by atoms with Gasteiger partial charge in [-0.1, -0.05) is 12.1 Å². The lowest BCUT2D eigenvalue weighted by Crippen LogP contribution is -2.39. The van der Waals surface area contributed by atoms with E-state index < -0.39 is 17.2 Å². The van der Waals surface area contributed by atoms with E-state index in [1.165, 1.54) is 13.0 Å². The highest BCUT2D eigenvalue weighted by Gasteiger charge is 2.28. The molecule has 4 nitrogen and oxygen atoms in total. The van der Waals surface area contributed by atoms with Crippen molar-refractivity contribution in [1.29, 1.82) is 0 Å². The average Bonchev–Trinajstić information content (AvgIpc) is 2.94. The van der Waals surface area contributed by atoms with Gasteiger partial charge >= 0.3 is 0 Å². The number of hydrogen-bond donors (Lipinski definition) is 2. The molecule has 0 aliphatic carbocycles. The Bertz CT molecular complexity index is 948. The number of carbonyl (C=O) groups excluding carboxylic acids is 1. The van der Waals surface area contributed by atoms with Gasteiger partial charge in [0.1, 0.15) is 17.2 Å². The van der Waals surface area contributed by atoms with Gasteiger partial charge in [-0.25, -0.2) is 8.78 Å². The molecule has 0 spiro atoms. The second-order valence-electron chi connectivity index (χ2n) is 6.25. The van der Waals surface area contributed by atoms with Crippen molar-refractivity contribution in [2.45, 2.75) is 12.5 Å². The molecule has 2 N–H and O–H groups in total. The van der Waals surface area contributed by atoms with Gasteiger partial charge < -0.3 is 15.0 Å². The van der Waals surface area contributed by atoms with Gasteiger partial charge in [0, 0.05) is 41.3 Å². The fourth-order valence-electron chi connectivity index (χ4n) is 2.87. The number of carbonyl (C=O) groups is 1. The van der Waals surface area contributed by atoms with Crippen molar-refractivity contribution in [2.75, 3.05) is 6.54 Å². The number of fused-ring (bicyclic) bond motifs is 1. The van der Waals surface area contributed by atoms with Gasteiger partial charge in [0.15, 0.2) is 0 Å². The summed E-state index contributed by atoms with van der Waals surface area (Å²) < 4.78 is 28.8. The summed E-state index contributed by atoms with van der Waals surface area (Å²) in [6.45, 7) is 1.16. The maximum Gasteiger partial charge on any atom is 0.252 e. The van der Waals surface area contributed by atoms with E-state index in [2.05, 4.69) is 5.32 Å². The van der Waals surface area contributed by atoms with Gasteiger partial charge in [-0.2, -0.15) is 0 Å². The van der Waals surface area contributed by atoms with Crippen LogP contribution < -0.4 is 5.32 Å². The highest BCUT2D eigenvalue weighted by Crippen LogP contribution is 2.24. The third kappa shape index (κ3) is 3.25. The van der Waals surface area contributed by atoms with E-state index in [1.54, 1.807) is 12.1 Å². The molecule has 6 heteroatoms. The molecular weight excluding hydrogens is 326 g/mol. The topological polar surface area (TPSA) is 54.3 Å². The Labute approximate surface area is 143 Å². The molecule has 3 rings (SSSR count). The lowest BCUT2D eigenvalue weighted by Gasteiger charge is -2.24. The van der Waals surface area contributed by atoms with E-state index in [0.29, 0.717) is 11.6 Å². The highest BCUT2D eigenvalue weighted by molar-refractivity contribution is 6.06. The van der Waals surface area contributed by atoms with Crippen LogP contribution in [-0.2, 0) is 12.6 Å². The Hall–Kier alpha value is -2.73. The summed E-state index contributed by atoms with van der Waals surface area (Å²) in [5.41, 5.74) is -0.373. The van der Waals surface area contributed by atoms with Gasteiger partial charge in [0.05, 0.1) is 6.54 Å². The average molecular weight is 344 g/mol. The van der Waals surface area contributed by atoms with Crippen molar-refractivity contribution in [3.63, 3.8) is 0 Å². The first-order chi connectivity index (χ1) is 11.8. The lowest BCUT2D eigenvalue weighted by atomic mass is 9.95. The minimum absolute atomic E-state index is 0.0767. The van der Waals surface area contributed by atoms with Crippen LogP contribution in [0.5, 0.6) is 0 Å². The maximum absolute atomic E-state index is 13.9. The van der Waals surface area contributed by atoms with Crippen molar-refractivity contribution < 1.29 is 18.7 Å². The van der Waals surface area contributed by atoms with Gasteiger partial charge in [-0.05, 0) is 31.2 Å². The van der Waals surface area contributed by atoms with E-state index in [1.807, 2.05) is 29.9 Å². The summed E-state index contributed by atoms with van der Waals surface area (Å²) in [5.74, 6) is -1.96. The molecule has 1 amide bonds. The Kier molecular flexibility index (Phi) is 4.30. The number of halogens is 2. The number of rotatable bonds is 4. The predicted molar refractivity (Wildman–Crippen MR) is 91.2 cm³/mol. The van der Waals surface area contributed by atoms with Crippen LogP contribution in [0, 0.1) is 11.6 Å². The molecule has 130 valence electrons. The summed E-state index contributed by atoms with van der Waals surface area (Å²) >= 11 is 0. The number of amides is 1. The minimum atomic E-state index is -1.67. The van der Waals surface area contributed by atoms with Gasteiger partial charge in [0.2, 0.25) is 0 Å². The first-order valence-electron chi connectivity index (χ1n) is 7.80. The zero-order valence-electron chi connectivity index (χ0n) is 13.9. The van der Waals surface area contributed by atoms with Crippen molar-refractivity contribution >= 4 is 16.8 Å². The zero-order chi connectivity index (χ0) is 18.2. The number of aryl methyl sites for hydroxylation is 1. The standard InChI is InChI=1S/C19H18F2N2O2/c1-19(25,15-7-6-12(20)10-16(15)21)11-22-18(24)14-4-3-5-17-13(14)8-9-23(17)2/h3-10,25H,11H2,1-2H3,(H,22,24). The molecule has 0 saturated heterocycles. The van der Waals surface area contributed by atoms with E-state index in [0.717, 1.165) is 17.0 Å². The number of nitrogens with one attached hydrogen (secondary N) is 1. The van der Waals surface area contributed by atoms with Crippen LogP contribution in [-0.4, -0.2) is 22.1 Å². The van der Waals surface area contributed by atoms with Crippen molar-refractivity contribution in [3.05, 3.63) is 71.4 Å². The summed E-state index contributed by atoms with van der Waals surface area (Å²) in [6.07, 6.45) is 1.85. The van der Waals surface area contributed by atoms with E-state index in [-0.39, 0.29) is 18.0 Å². The summed E-state index contributed by atoms with van der Waals surface area (Å²) in [7, 11) is 1.88. The third-order valence-electron chi connectivity index (χ3n) is 4.28. The number of benzene rings is 2. The summed E-state index contributed by atoms with van der Waals surface area (Å²) in [4.78, 5) is 12.5. The fourth-order valence-corrected chi connectivity index (χ4v) is 2.87. The smallest absolute Gasteiger partial charge is 0.252 e. The van der Waals surface area contributed by atoms with E-state index in [9.17, 15) is 18.7 Å². The lowest BCUT2D eigenvalue weighted by molar-refractivity contribution is 0.0495. The van der Waals surface area contributed by atoms with Gasteiger partial charge in [-0.3, -0.25) is 4.79 Å². The van der Waals surface area contributed by atoms with Crippen LogP contribution in [0.15, 0.2) is 48.7 Å². The van der Waals surface area contributed by atoms with Crippen molar-refractivity contribution in [3.8, 4) is 0 Å². The monoisotopic (exact) mass is 344 g/mol. The highest BCUT2D eigenvalue weighted by atomic mass is 19.1. The SMILES string of the molecule is Cn1ccc2c(C(=O)NCC(C)(O)c3ccc(F)cc3F)cccc21. The molecule has 1 atom stereocenters. The van der Waals surface area contributed by atoms with E-state index >= 15 is 0 Å². The van der Waals surface area contributed by atoms with Crippen LogP contribution in [0.4, 0.5) is 8.78 Å². The third-order valence-corrected chi connectivity index (χ3v) is 4.28. The van der Waals surface area contributed by atoms with Gasteiger partial charge in [0.25, 0.3) is 5.91 Å². The number of aliphatic hydroxyl groups is 1. The molecule has 0 radical (unpaired) electrons. The minimum Gasteiger partial charge on any atom is -0.383 e. The second kappa shape index (κ2) is 6.29. The predicted octanol–water partition coefficient (Wildman–Crippen LogP) is 3.09. The molecule has 0 fully saturated rings. The molecule has 0 aliphatic rings.